The van der Waals surface area contributed by atoms with Crippen molar-refractivity contribution in [2.75, 3.05) is 19.0 Å². The van der Waals surface area contributed by atoms with E-state index in [1.54, 1.807) is 19.2 Å². The Morgan fingerprint density at radius 3 is 2.95 bits per heavy atom. The van der Waals surface area contributed by atoms with Gasteiger partial charge in [-0.2, -0.15) is 0 Å². The maximum Gasteiger partial charge on any atom is 0.238 e. The summed E-state index contributed by atoms with van der Waals surface area (Å²) < 4.78 is 10.0. The number of ether oxygens (including phenoxy) is 1. The molecule has 0 aliphatic heterocycles. The van der Waals surface area contributed by atoms with Gasteiger partial charge in [0.1, 0.15) is 11.5 Å². The first-order chi connectivity index (χ1) is 9.67. The van der Waals surface area contributed by atoms with Crippen LogP contribution in [0.15, 0.2) is 34.9 Å². The van der Waals surface area contributed by atoms with Crippen molar-refractivity contribution >= 4 is 11.6 Å². The number of nitrogens with zero attached hydrogens (tertiary/aromatic N) is 1. The minimum absolute atomic E-state index is 0.126. The monoisotopic (exact) mass is 275 g/mol. The molecule has 1 aromatic carbocycles. The van der Waals surface area contributed by atoms with E-state index in [2.05, 4.69) is 15.8 Å². The largest absolute Gasteiger partial charge is 0.497 e. The van der Waals surface area contributed by atoms with E-state index in [-0.39, 0.29) is 12.5 Å². The molecule has 1 aromatic heterocycles. The Labute approximate surface area is 117 Å². The van der Waals surface area contributed by atoms with Crippen LogP contribution in [-0.2, 0) is 11.3 Å². The summed E-state index contributed by atoms with van der Waals surface area (Å²) in [6, 6.07) is 9.04. The number of rotatable bonds is 6. The van der Waals surface area contributed by atoms with E-state index in [9.17, 15) is 4.79 Å². The van der Waals surface area contributed by atoms with E-state index >= 15 is 0 Å². The number of amides is 1. The summed E-state index contributed by atoms with van der Waals surface area (Å²) >= 11 is 0. The number of methoxy groups -OCH3 is 1. The van der Waals surface area contributed by atoms with Gasteiger partial charge in [-0.15, -0.1) is 0 Å². The minimum Gasteiger partial charge on any atom is -0.497 e. The number of carbonyl (C=O) groups is 1. The van der Waals surface area contributed by atoms with Gasteiger partial charge in [-0.3, -0.25) is 4.79 Å². The second-order valence-electron chi connectivity index (χ2n) is 4.31. The van der Waals surface area contributed by atoms with Crippen LogP contribution < -0.4 is 15.4 Å². The highest BCUT2D eigenvalue weighted by atomic mass is 16.5. The maximum absolute atomic E-state index is 11.7. The van der Waals surface area contributed by atoms with Gasteiger partial charge in [-0.25, -0.2) is 0 Å². The van der Waals surface area contributed by atoms with Crippen LogP contribution in [0.2, 0.25) is 0 Å². The highest BCUT2D eigenvalue weighted by Gasteiger charge is 2.04. The van der Waals surface area contributed by atoms with Gasteiger partial charge >= 0.3 is 0 Å². The van der Waals surface area contributed by atoms with Gasteiger partial charge in [-0.1, -0.05) is 11.2 Å². The summed E-state index contributed by atoms with van der Waals surface area (Å²) in [5, 5.41) is 9.61. The van der Waals surface area contributed by atoms with Crippen LogP contribution in [0.5, 0.6) is 5.75 Å². The van der Waals surface area contributed by atoms with Gasteiger partial charge in [0.15, 0.2) is 0 Å². The number of anilines is 1. The zero-order valence-electron chi connectivity index (χ0n) is 11.5. The molecule has 6 heteroatoms. The minimum atomic E-state index is -0.126. The van der Waals surface area contributed by atoms with E-state index in [0.29, 0.717) is 18.0 Å². The molecule has 1 heterocycles. The molecule has 0 fully saturated rings. The number of carbonyl (C=O) groups excluding carboxylic acids is 1. The SMILES string of the molecule is COc1cccc(NC(=O)CNCc2cc(C)on2)c1. The first-order valence-electron chi connectivity index (χ1n) is 6.24. The maximum atomic E-state index is 11.7. The van der Waals surface area contributed by atoms with Crippen LogP contribution in [0.4, 0.5) is 5.69 Å². The number of aromatic nitrogens is 1. The Hall–Kier alpha value is -2.34. The van der Waals surface area contributed by atoms with Crippen molar-refractivity contribution in [3.05, 3.63) is 41.8 Å². The van der Waals surface area contributed by atoms with E-state index in [1.165, 1.54) is 0 Å². The lowest BCUT2D eigenvalue weighted by atomic mass is 10.3. The standard InChI is InChI=1S/C14H17N3O3/c1-10-6-12(17-20-10)8-15-9-14(18)16-11-4-3-5-13(7-11)19-2/h3-7,15H,8-9H2,1-2H3,(H,16,18). The molecule has 0 bridgehead atoms. The van der Waals surface area contributed by atoms with Gasteiger partial charge in [0.2, 0.25) is 5.91 Å². The Balaban J connectivity index is 1.77. The molecule has 0 saturated carbocycles. The number of benzene rings is 1. The fraction of sp³-hybridized carbons (Fsp3) is 0.286. The summed E-state index contributed by atoms with van der Waals surface area (Å²) in [4.78, 5) is 11.7. The second kappa shape index (κ2) is 6.72. The molecule has 20 heavy (non-hydrogen) atoms. The molecule has 0 spiro atoms. The lowest BCUT2D eigenvalue weighted by Gasteiger charge is -2.07. The Kier molecular flexibility index (Phi) is 4.73. The smallest absolute Gasteiger partial charge is 0.238 e. The fourth-order valence-electron chi connectivity index (χ4n) is 1.71. The van der Waals surface area contributed by atoms with Gasteiger partial charge in [-0.05, 0) is 19.1 Å². The molecule has 6 nitrogen and oxygen atoms in total. The molecule has 0 radical (unpaired) electrons. The first-order valence-corrected chi connectivity index (χ1v) is 6.24. The number of hydrogen-bond acceptors (Lipinski definition) is 5. The number of hydrogen-bond donors (Lipinski definition) is 2. The molecule has 0 atom stereocenters. The zero-order valence-corrected chi connectivity index (χ0v) is 11.5. The molecular formula is C14H17N3O3. The van der Waals surface area contributed by atoms with Crippen molar-refractivity contribution < 1.29 is 14.1 Å². The summed E-state index contributed by atoms with van der Waals surface area (Å²) in [6.45, 7) is 2.51. The summed E-state index contributed by atoms with van der Waals surface area (Å²) in [7, 11) is 1.59. The Bertz CT molecular complexity index is 581. The average Bonchev–Trinajstić information content (AvgIpc) is 2.84. The van der Waals surface area contributed by atoms with Gasteiger partial charge in [0.25, 0.3) is 0 Å². The molecule has 0 aliphatic rings. The number of nitrogens with one attached hydrogen (secondary N) is 2. The highest BCUT2D eigenvalue weighted by molar-refractivity contribution is 5.92. The predicted octanol–water partition coefficient (Wildman–Crippen LogP) is 1.72. The zero-order chi connectivity index (χ0) is 14.4. The molecule has 0 aliphatic carbocycles. The summed E-state index contributed by atoms with van der Waals surface area (Å²) in [5.41, 5.74) is 1.48. The Morgan fingerprint density at radius 1 is 1.40 bits per heavy atom. The van der Waals surface area contributed by atoms with E-state index in [1.807, 2.05) is 25.1 Å². The molecule has 2 N–H and O–H groups in total. The average molecular weight is 275 g/mol. The van der Waals surface area contributed by atoms with Crippen LogP contribution in [-0.4, -0.2) is 24.7 Å². The van der Waals surface area contributed by atoms with Crippen molar-refractivity contribution in [1.29, 1.82) is 0 Å². The molecule has 2 rings (SSSR count). The van der Waals surface area contributed by atoms with Gasteiger partial charge in [0.05, 0.1) is 19.3 Å². The van der Waals surface area contributed by atoms with Crippen LogP contribution in [0, 0.1) is 6.92 Å². The van der Waals surface area contributed by atoms with Crippen molar-refractivity contribution in [2.45, 2.75) is 13.5 Å². The summed E-state index contributed by atoms with van der Waals surface area (Å²) in [6.07, 6.45) is 0. The lowest BCUT2D eigenvalue weighted by Crippen LogP contribution is -2.27. The third kappa shape index (κ3) is 4.10. The van der Waals surface area contributed by atoms with Crippen LogP contribution in [0.25, 0.3) is 0 Å². The first kappa shape index (κ1) is 14.1. The van der Waals surface area contributed by atoms with Gasteiger partial charge < -0.3 is 19.9 Å². The molecule has 0 unspecified atom stereocenters. The highest BCUT2D eigenvalue weighted by Crippen LogP contribution is 2.16. The fourth-order valence-corrected chi connectivity index (χ4v) is 1.71. The molecule has 1 amide bonds. The van der Waals surface area contributed by atoms with Crippen molar-refractivity contribution in [2.24, 2.45) is 0 Å². The topological polar surface area (TPSA) is 76.4 Å². The van der Waals surface area contributed by atoms with E-state index < -0.39 is 0 Å². The molecule has 106 valence electrons. The quantitative estimate of drug-likeness (QED) is 0.839. The van der Waals surface area contributed by atoms with Gasteiger partial charge in [0, 0.05) is 24.4 Å². The lowest BCUT2D eigenvalue weighted by molar-refractivity contribution is -0.115. The molecule has 0 saturated heterocycles. The predicted molar refractivity (Wildman–Crippen MR) is 74.6 cm³/mol. The van der Waals surface area contributed by atoms with E-state index in [4.69, 9.17) is 9.26 Å². The normalized spacial score (nSPS) is 10.3. The second-order valence-corrected chi connectivity index (χ2v) is 4.31. The number of aryl methyl sites for hydroxylation is 1. The van der Waals surface area contributed by atoms with E-state index in [0.717, 1.165) is 11.5 Å². The Morgan fingerprint density at radius 2 is 2.25 bits per heavy atom. The van der Waals surface area contributed by atoms with Crippen molar-refractivity contribution in [3.63, 3.8) is 0 Å². The molecular weight excluding hydrogens is 258 g/mol. The molecule has 2 aromatic rings. The third-order valence-electron chi connectivity index (χ3n) is 2.62. The van der Waals surface area contributed by atoms with Crippen LogP contribution >= 0.6 is 0 Å². The third-order valence-corrected chi connectivity index (χ3v) is 2.62. The van der Waals surface area contributed by atoms with Crippen molar-refractivity contribution in [3.8, 4) is 5.75 Å². The van der Waals surface area contributed by atoms with Crippen LogP contribution in [0.3, 0.4) is 0 Å². The summed E-state index contributed by atoms with van der Waals surface area (Å²) in [5.74, 6) is 1.33. The van der Waals surface area contributed by atoms with Crippen LogP contribution in [0.1, 0.15) is 11.5 Å². The van der Waals surface area contributed by atoms with Crippen molar-refractivity contribution in [1.82, 2.24) is 10.5 Å².